The molecule has 0 saturated carbocycles. The second-order valence-corrected chi connectivity index (χ2v) is 15.9. The third kappa shape index (κ3) is 9.64. The molecule has 0 spiro atoms. The van der Waals surface area contributed by atoms with E-state index < -0.39 is 48.1 Å². The average Bonchev–Trinajstić information content (AvgIpc) is 3.82. The lowest BCUT2D eigenvalue weighted by Gasteiger charge is -2.36. The van der Waals surface area contributed by atoms with Gasteiger partial charge in [-0.3, -0.25) is 9.59 Å². The highest BCUT2D eigenvalue weighted by Crippen LogP contribution is 2.49. The Morgan fingerprint density at radius 2 is 1.94 bits per heavy atom. The number of fused-ring (bicyclic) bond motifs is 5. The molecule has 9 atom stereocenters. The maximum absolute atomic E-state index is 14.1. The van der Waals surface area contributed by atoms with Crippen LogP contribution in [-0.4, -0.2) is 111 Å². The van der Waals surface area contributed by atoms with E-state index in [2.05, 4.69) is 5.32 Å². The van der Waals surface area contributed by atoms with Gasteiger partial charge in [0.15, 0.2) is 0 Å². The molecule has 4 rings (SSSR count). The fraction of sp³-hybridized carbons (Fsp3) is 0.632. The standard InChI is InChI=1S/C38H54ClN3O9S/c1-21-12-11-13-28(47-8)26-19-29(49-37(46)40-26)23(3)35-38(5,51-35)31(50-36(45)24(4)41(6)32(43)15-14-22(2)52-10)20-33(44)42(7)27-17-25(16-21)18-30(48-9)34(27)39/h11-13,17-18,22-24,26,28-29,31,35H,14-16,19-20H2,1-10H3,(H,40,46)/b13-11+,21-12+/t22?,23-,24+,26-,28-,29+,31+,35+,38+/m1/s1. The summed E-state index contributed by atoms with van der Waals surface area (Å²) in [4.78, 5) is 56.5. The maximum atomic E-state index is 14.1. The second kappa shape index (κ2) is 17.7. The Labute approximate surface area is 316 Å². The van der Waals surface area contributed by atoms with Crippen LogP contribution in [0.2, 0.25) is 5.02 Å². The van der Waals surface area contributed by atoms with Gasteiger partial charge in [-0.2, -0.15) is 11.8 Å². The van der Waals surface area contributed by atoms with Gasteiger partial charge in [-0.15, -0.1) is 0 Å². The number of hydrogen-bond donors (Lipinski definition) is 1. The van der Waals surface area contributed by atoms with Gasteiger partial charge in [0, 0.05) is 45.2 Å². The molecule has 1 aromatic carbocycles. The molecule has 14 heteroatoms. The number of allylic oxidation sites excluding steroid dienone is 3. The van der Waals surface area contributed by atoms with Gasteiger partial charge in [-0.05, 0) is 57.6 Å². The van der Waals surface area contributed by atoms with Crippen LogP contribution in [0.25, 0.3) is 0 Å². The summed E-state index contributed by atoms with van der Waals surface area (Å²) in [6.45, 7) is 9.35. The number of ether oxygens (including phenoxy) is 5. The number of methoxy groups -OCH3 is 2. The highest BCUT2D eigenvalue weighted by atomic mass is 35.5. The molecule has 288 valence electrons. The van der Waals surface area contributed by atoms with Crippen molar-refractivity contribution in [3.63, 3.8) is 0 Å². The molecule has 3 aliphatic heterocycles. The van der Waals surface area contributed by atoms with Gasteiger partial charge in [0.1, 0.15) is 34.6 Å². The zero-order valence-corrected chi connectivity index (χ0v) is 33.5. The lowest BCUT2D eigenvalue weighted by Crippen LogP contribution is -2.53. The van der Waals surface area contributed by atoms with E-state index in [-0.39, 0.29) is 41.6 Å². The Bertz CT molecular complexity index is 1560. The van der Waals surface area contributed by atoms with Gasteiger partial charge >= 0.3 is 12.1 Å². The smallest absolute Gasteiger partial charge is 0.407 e. The number of esters is 1. The zero-order chi connectivity index (χ0) is 38.5. The topological polar surface area (TPSA) is 136 Å². The van der Waals surface area contributed by atoms with Crippen LogP contribution in [0.1, 0.15) is 65.9 Å². The number of anilines is 1. The Kier molecular flexibility index (Phi) is 14.1. The van der Waals surface area contributed by atoms with Crippen molar-refractivity contribution in [2.45, 2.75) is 114 Å². The second-order valence-electron chi connectivity index (χ2n) is 14.3. The van der Waals surface area contributed by atoms with Crippen molar-refractivity contribution in [1.29, 1.82) is 0 Å². The lowest BCUT2D eigenvalue weighted by atomic mass is 9.84. The minimum Gasteiger partial charge on any atom is -0.495 e. The number of hydrogen-bond acceptors (Lipinski definition) is 10. The number of carbonyl (C=O) groups is 4. The summed E-state index contributed by atoms with van der Waals surface area (Å²) < 4.78 is 29.6. The van der Waals surface area contributed by atoms with Gasteiger partial charge < -0.3 is 38.8 Å². The number of rotatable bonds is 9. The number of nitrogens with zero attached hydrogens (tertiary/aromatic N) is 2. The quantitative estimate of drug-likeness (QED) is 0.246. The number of likely N-dealkylation sites (N-methyl/N-ethyl adjacent to an activating group) is 1. The van der Waals surface area contributed by atoms with Gasteiger partial charge in [0.2, 0.25) is 11.8 Å². The molecule has 1 N–H and O–H groups in total. The van der Waals surface area contributed by atoms with Crippen LogP contribution in [0.15, 0.2) is 35.9 Å². The zero-order valence-electron chi connectivity index (χ0n) is 31.9. The highest BCUT2D eigenvalue weighted by molar-refractivity contribution is 7.99. The first-order chi connectivity index (χ1) is 24.5. The third-order valence-corrected chi connectivity index (χ3v) is 12.0. The fourth-order valence-corrected chi connectivity index (χ4v) is 7.45. The number of thioether (sulfide) groups is 1. The molecule has 0 radical (unpaired) electrons. The highest BCUT2D eigenvalue weighted by Gasteiger charge is 2.64. The summed E-state index contributed by atoms with van der Waals surface area (Å²) in [6.07, 6.45) is 6.31. The minimum atomic E-state index is -1.11. The predicted octanol–water partition coefficient (Wildman–Crippen LogP) is 5.73. The van der Waals surface area contributed by atoms with Gasteiger partial charge in [-0.25, -0.2) is 9.59 Å². The fourth-order valence-electron chi connectivity index (χ4n) is 6.79. The van der Waals surface area contributed by atoms with E-state index in [0.29, 0.717) is 35.9 Å². The molecule has 52 heavy (non-hydrogen) atoms. The summed E-state index contributed by atoms with van der Waals surface area (Å²) in [5.74, 6) is -1.15. The summed E-state index contributed by atoms with van der Waals surface area (Å²) in [5.41, 5.74) is 1.21. The number of carbonyl (C=O) groups excluding carboxylic acids is 4. The number of nitrogens with one attached hydrogen (secondary N) is 1. The molecule has 3 aliphatic rings. The van der Waals surface area contributed by atoms with Crippen LogP contribution in [0, 0.1) is 5.92 Å². The van der Waals surface area contributed by atoms with Gasteiger partial charge in [-0.1, -0.05) is 49.2 Å². The molecular formula is C38H54ClN3O9S. The summed E-state index contributed by atoms with van der Waals surface area (Å²) >= 11 is 8.45. The molecule has 1 aromatic rings. The molecule has 2 fully saturated rings. The minimum absolute atomic E-state index is 0.179. The van der Waals surface area contributed by atoms with E-state index in [1.807, 2.05) is 57.4 Å². The van der Waals surface area contributed by atoms with Gasteiger partial charge in [0.25, 0.3) is 0 Å². The Hall–Kier alpha value is -3.26. The summed E-state index contributed by atoms with van der Waals surface area (Å²) in [7, 11) is 6.29. The number of alkyl carbamates (subject to hydrolysis) is 1. The van der Waals surface area contributed by atoms with Crippen molar-refractivity contribution < 1.29 is 42.9 Å². The Morgan fingerprint density at radius 1 is 1.23 bits per heavy atom. The molecule has 3 heterocycles. The Balaban J connectivity index is 1.71. The van der Waals surface area contributed by atoms with E-state index in [9.17, 15) is 19.2 Å². The van der Waals surface area contributed by atoms with Crippen LogP contribution >= 0.6 is 23.4 Å². The molecular weight excluding hydrogens is 710 g/mol. The van der Waals surface area contributed by atoms with Crippen LogP contribution < -0.4 is 15.0 Å². The van der Waals surface area contributed by atoms with Crippen molar-refractivity contribution in [3.8, 4) is 5.75 Å². The molecule has 12 nitrogen and oxygen atoms in total. The van der Waals surface area contributed by atoms with E-state index in [0.717, 1.165) is 11.1 Å². The van der Waals surface area contributed by atoms with Crippen LogP contribution in [0.5, 0.6) is 5.75 Å². The predicted molar refractivity (Wildman–Crippen MR) is 202 cm³/mol. The third-order valence-electron chi connectivity index (χ3n) is 10.6. The monoisotopic (exact) mass is 763 g/mol. The molecule has 4 bridgehead atoms. The first-order valence-electron chi connectivity index (χ1n) is 17.7. The van der Waals surface area contributed by atoms with Crippen molar-refractivity contribution in [3.05, 3.63) is 46.5 Å². The van der Waals surface area contributed by atoms with E-state index >= 15 is 0 Å². The van der Waals surface area contributed by atoms with Crippen LogP contribution in [0.4, 0.5) is 10.5 Å². The number of epoxide rings is 1. The first-order valence-corrected chi connectivity index (χ1v) is 19.3. The van der Waals surface area contributed by atoms with Crippen molar-refractivity contribution >= 4 is 52.9 Å². The molecule has 2 saturated heterocycles. The molecule has 0 aromatic heterocycles. The Morgan fingerprint density at radius 3 is 2.60 bits per heavy atom. The molecule has 1 unspecified atom stereocenters. The SMILES string of the molecule is COc1cc2cc(c1Cl)N(C)C(=O)C[C@H](OC(=O)[C@H](C)N(C)C(=O)CCC(C)SC)[C@]1(C)O[C@H]1[C@H](C)[C@@H]1C[C@@H](NC(=O)O1)[C@H](OC)/C=C/C=C(\C)C2. The van der Waals surface area contributed by atoms with E-state index in [4.69, 9.17) is 35.3 Å². The summed E-state index contributed by atoms with van der Waals surface area (Å²) in [5, 5.41) is 3.45. The van der Waals surface area contributed by atoms with Gasteiger partial charge in [0.05, 0.1) is 37.5 Å². The normalized spacial score (nSPS) is 30.8. The van der Waals surface area contributed by atoms with Crippen LogP contribution in [0.3, 0.4) is 0 Å². The molecule has 3 amide bonds. The number of benzene rings is 1. The number of halogens is 1. The van der Waals surface area contributed by atoms with Crippen molar-refractivity contribution in [2.24, 2.45) is 5.92 Å². The van der Waals surface area contributed by atoms with E-state index in [1.165, 1.54) is 16.9 Å². The lowest BCUT2D eigenvalue weighted by molar-refractivity contribution is -0.162. The van der Waals surface area contributed by atoms with Crippen molar-refractivity contribution in [1.82, 2.24) is 10.2 Å². The van der Waals surface area contributed by atoms with Crippen LogP contribution in [-0.2, 0) is 39.8 Å². The number of amides is 3. The van der Waals surface area contributed by atoms with Crippen molar-refractivity contribution in [2.75, 3.05) is 39.5 Å². The average molecular weight is 764 g/mol. The first kappa shape index (κ1) is 41.5. The maximum Gasteiger partial charge on any atom is 0.407 e. The molecule has 0 aliphatic carbocycles. The van der Waals surface area contributed by atoms with E-state index in [1.54, 1.807) is 46.8 Å². The summed E-state index contributed by atoms with van der Waals surface area (Å²) in [6, 6.07) is 2.38. The largest absolute Gasteiger partial charge is 0.495 e.